The zero-order valence-corrected chi connectivity index (χ0v) is 11.1. The maximum atomic E-state index is 11.3. The minimum atomic E-state index is -0.547. The minimum absolute atomic E-state index is 0.170. The molecule has 1 aliphatic rings. The van der Waals surface area contributed by atoms with Crippen LogP contribution in [-0.4, -0.2) is 22.6 Å². The topological polar surface area (TPSA) is 80.9 Å². The van der Waals surface area contributed by atoms with Gasteiger partial charge in [-0.15, -0.1) is 10.2 Å². The van der Waals surface area contributed by atoms with Crippen molar-refractivity contribution in [1.82, 2.24) is 10.2 Å². The maximum absolute atomic E-state index is 11.3. The molecule has 1 saturated carbocycles. The van der Waals surface area contributed by atoms with Crippen LogP contribution < -0.4 is 11.1 Å². The van der Waals surface area contributed by atoms with Crippen molar-refractivity contribution >= 4 is 23.3 Å². The molecule has 0 bridgehead atoms. The summed E-state index contributed by atoms with van der Waals surface area (Å²) in [6.07, 6.45) is 4.80. The molecular weight excluding hydrogens is 252 g/mol. The molecule has 0 spiro atoms. The smallest absolute Gasteiger partial charge is 0.252 e. The van der Waals surface area contributed by atoms with E-state index in [0.29, 0.717) is 16.8 Å². The Bertz CT molecular complexity index is 459. The summed E-state index contributed by atoms with van der Waals surface area (Å²) in [6, 6.07) is 1.44. The highest BCUT2D eigenvalue weighted by Crippen LogP contribution is 2.49. The minimum Gasteiger partial charge on any atom is -0.367 e. The van der Waals surface area contributed by atoms with Crippen LogP contribution in [0.4, 0.5) is 5.82 Å². The van der Waals surface area contributed by atoms with Crippen molar-refractivity contribution < 1.29 is 4.79 Å². The van der Waals surface area contributed by atoms with Gasteiger partial charge >= 0.3 is 0 Å². The van der Waals surface area contributed by atoms with Crippen LogP contribution in [0.1, 0.15) is 43.0 Å². The molecule has 18 heavy (non-hydrogen) atoms. The fraction of sp³-hybridized carbons (Fsp3) is 0.583. The summed E-state index contributed by atoms with van der Waals surface area (Å²) in [5, 5.41) is 11.0. The Balaban J connectivity index is 2.07. The van der Waals surface area contributed by atoms with Crippen molar-refractivity contribution in [2.45, 2.75) is 32.6 Å². The lowest BCUT2D eigenvalue weighted by Crippen LogP contribution is -2.20. The van der Waals surface area contributed by atoms with Crippen LogP contribution in [-0.2, 0) is 0 Å². The van der Waals surface area contributed by atoms with Crippen LogP contribution in [0.2, 0.25) is 5.15 Å². The van der Waals surface area contributed by atoms with E-state index < -0.39 is 5.91 Å². The van der Waals surface area contributed by atoms with Crippen LogP contribution in [0, 0.1) is 5.41 Å². The van der Waals surface area contributed by atoms with E-state index in [1.165, 1.54) is 25.3 Å². The van der Waals surface area contributed by atoms with Crippen molar-refractivity contribution in [3.63, 3.8) is 0 Å². The molecule has 1 aliphatic carbocycles. The Hall–Kier alpha value is -1.36. The monoisotopic (exact) mass is 268 g/mol. The third-order valence-electron chi connectivity index (χ3n) is 3.40. The van der Waals surface area contributed by atoms with Gasteiger partial charge in [0.2, 0.25) is 0 Å². The second kappa shape index (κ2) is 5.10. The Morgan fingerprint density at radius 2 is 2.28 bits per heavy atom. The molecule has 1 heterocycles. The number of carbonyl (C=O) groups is 1. The zero-order valence-electron chi connectivity index (χ0n) is 10.4. The molecule has 1 aromatic rings. The van der Waals surface area contributed by atoms with E-state index in [9.17, 15) is 4.79 Å². The first-order valence-corrected chi connectivity index (χ1v) is 6.51. The second-order valence-corrected chi connectivity index (χ2v) is 5.28. The number of aromatic nitrogens is 2. The standard InChI is InChI=1S/C12H17ClN4O/c1-2-3-12(4-5-12)7-15-11-8(10(14)18)6-9(13)16-17-11/h6H,2-5,7H2,1H3,(H2,14,18)(H,15,17). The van der Waals surface area contributed by atoms with Crippen molar-refractivity contribution in [2.75, 3.05) is 11.9 Å². The van der Waals surface area contributed by atoms with Gasteiger partial charge in [0, 0.05) is 6.54 Å². The van der Waals surface area contributed by atoms with Crippen molar-refractivity contribution in [1.29, 1.82) is 0 Å². The van der Waals surface area contributed by atoms with Crippen LogP contribution in [0.25, 0.3) is 0 Å². The van der Waals surface area contributed by atoms with Gasteiger partial charge in [-0.25, -0.2) is 0 Å². The molecule has 3 N–H and O–H groups in total. The number of halogens is 1. The normalized spacial score (nSPS) is 16.3. The number of hydrogen-bond acceptors (Lipinski definition) is 4. The summed E-state index contributed by atoms with van der Waals surface area (Å²) in [7, 11) is 0. The first-order chi connectivity index (χ1) is 8.56. The highest BCUT2D eigenvalue weighted by atomic mass is 35.5. The highest BCUT2D eigenvalue weighted by Gasteiger charge is 2.41. The number of carbonyl (C=O) groups excluding carboxylic acids is 1. The first-order valence-electron chi connectivity index (χ1n) is 6.13. The number of anilines is 1. The van der Waals surface area contributed by atoms with Crippen LogP contribution in [0.15, 0.2) is 6.07 Å². The average molecular weight is 269 g/mol. The molecule has 0 unspecified atom stereocenters. The van der Waals surface area contributed by atoms with Crippen LogP contribution >= 0.6 is 11.6 Å². The van der Waals surface area contributed by atoms with Gasteiger partial charge in [0.15, 0.2) is 11.0 Å². The largest absolute Gasteiger partial charge is 0.367 e. The van der Waals surface area contributed by atoms with E-state index in [1.54, 1.807) is 0 Å². The predicted octanol–water partition coefficient (Wildman–Crippen LogP) is 2.22. The van der Waals surface area contributed by atoms with Crippen LogP contribution in [0.3, 0.4) is 0 Å². The first kappa shape index (κ1) is 13.1. The van der Waals surface area contributed by atoms with E-state index in [2.05, 4.69) is 22.4 Å². The summed E-state index contributed by atoms with van der Waals surface area (Å²) in [6.45, 7) is 2.98. The third-order valence-corrected chi connectivity index (χ3v) is 3.58. The quantitative estimate of drug-likeness (QED) is 0.829. The molecule has 0 atom stereocenters. The van der Waals surface area contributed by atoms with Gasteiger partial charge in [0.25, 0.3) is 5.91 Å². The molecule has 0 radical (unpaired) electrons. The van der Waals surface area contributed by atoms with E-state index in [4.69, 9.17) is 17.3 Å². The zero-order chi connectivity index (χ0) is 13.2. The summed E-state index contributed by atoms with van der Waals surface area (Å²) in [5.41, 5.74) is 5.95. The van der Waals surface area contributed by atoms with Gasteiger partial charge in [0.1, 0.15) is 0 Å². The van der Waals surface area contributed by atoms with Crippen molar-refractivity contribution in [3.05, 3.63) is 16.8 Å². The summed E-state index contributed by atoms with van der Waals surface area (Å²) >= 11 is 5.70. The Kier molecular flexibility index (Phi) is 3.71. The third kappa shape index (κ3) is 2.90. The molecule has 5 nitrogen and oxygen atoms in total. The van der Waals surface area contributed by atoms with E-state index >= 15 is 0 Å². The lowest BCUT2D eigenvalue weighted by molar-refractivity contribution is 0.100. The summed E-state index contributed by atoms with van der Waals surface area (Å²) in [4.78, 5) is 11.3. The van der Waals surface area contributed by atoms with E-state index in [-0.39, 0.29) is 5.15 Å². The molecule has 6 heteroatoms. The number of nitrogens with zero attached hydrogens (tertiary/aromatic N) is 2. The second-order valence-electron chi connectivity index (χ2n) is 4.90. The lowest BCUT2D eigenvalue weighted by atomic mass is 10.0. The van der Waals surface area contributed by atoms with Gasteiger partial charge < -0.3 is 11.1 Å². The number of nitrogens with two attached hydrogens (primary N) is 1. The van der Waals surface area contributed by atoms with E-state index in [1.807, 2.05) is 0 Å². The predicted molar refractivity (Wildman–Crippen MR) is 70.6 cm³/mol. The Morgan fingerprint density at radius 1 is 1.56 bits per heavy atom. The van der Waals surface area contributed by atoms with Gasteiger partial charge in [-0.3, -0.25) is 4.79 Å². The van der Waals surface area contributed by atoms with Gasteiger partial charge in [0.05, 0.1) is 5.56 Å². The van der Waals surface area contributed by atoms with Gasteiger partial charge in [-0.2, -0.15) is 0 Å². The van der Waals surface area contributed by atoms with Gasteiger partial charge in [-0.1, -0.05) is 24.9 Å². The number of primary amides is 1. The summed E-state index contributed by atoms with van der Waals surface area (Å²) in [5.74, 6) is -0.121. The Morgan fingerprint density at radius 3 is 2.83 bits per heavy atom. The van der Waals surface area contributed by atoms with Crippen molar-refractivity contribution in [2.24, 2.45) is 11.1 Å². The molecule has 1 amide bonds. The fourth-order valence-corrected chi connectivity index (χ4v) is 2.33. The molecule has 2 rings (SSSR count). The maximum Gasteiger partial charge on any atom is 0.252 e. The van der Waals surface area contributed by atoms with Gasteiger partial charge in [-0.05, 0) is 30.7 Å². The van der Waals surface area contributed by atoms with E-state index in [0.717, 1.165) is 13.0 Å². The summed E-state index contributed by atoms with van der Waals surface area (Å²) < 4.78 is 0. The molecule has 1 aromatic heterocycles. The molecule has 0 saturated heterocycles. The van der Waals surface area contributed by atoms with Crippen LogP contribution in [0.5, 0.6) is 0 Å². The highest BCUT2D eigenvalue weighted by molar-refractivity contribution is 6.29. The number of hydrogen-bond donors (Lipinski definition) is 2. The van der Waals surface area contributed by atoms with Crippen molar-refractivity contribution in [3.8, 4) is 0 Å². The fourth-order valence-electron chi connectivity index (χ4n) is 2.18. The molecule has 1 fully saturated rings. The SMILES string of the molecule is CCCC1(CNc2nnc(Cl)cc2C(N)=O)CC1. The lowest BCUT2D eigenvalue weighted by Gasteiger charge is -2.16. The Labute approximate surface area is 111 Å². The molecule has 0 aliphatic heterocycles. The number of amides is 1. The molecule has 98 valence electrons. The molecule has 0 aromatic carbocycles. The molecular formula is C12H17ClN4O. The average Bonchev–Trinajstić information content (AvgIpc) is 3.08. The number of nitrogens with one attached hydrogen (secondary N) is 1. The number of rotatable bonds is 6.